The molecule has 2 saturated carbocycles. The number of nitrogens with zero attached hydrogens (tertiary/aromatic N) is 1. The number of Topliss-reactive ketones (excluding diaryl/α,β-unsaturated/α-hetero) is 1. The number of ether oxygens (including phenoxy) is 1. The Kier molecular flexibility index (Phi) is 4.76. The molecular weight excluding hydrogens is 370 g/mol. The van der Waals surface area contributed by atoms with Crippen LogP contribution in [0.1, 0.15) is 66.7 Å². The number of hydrogen-bond acceptors (Lipinski definition) is 5. The van der Waals surface area contributed by atoms with E-state index in [2.05, 4.69) is 20.4 Å². The van der Waals surface area contributed by atoms with E-state index in [9.17, 15) is 19.8 Å². The lowest BCUT2D eigenvalue weighted by Gasteiger charge is -2.71. The molecule has 0 aromatic rings. The first-order valence-corrected chi connectivity index (χ1v) is 10.6. The number of hydrogen-bond donors (Lipinski definition) is 2. The van der Waals surface area contributed by atoms with E-state index < -0.39 is 33.7 Å². The Morgan fingerprint density at radius 3 is 2.24 bits per heavy atom. The van der Waals surface area contributed by atoms with Crippen molar-refractivity contribution < 1.29 is 24.5 Å². The minimum atomic E-state index is -2.00. The van der Waals surface area contributed by atoms with Gasteiger partial charge in [0.15, 0.2) is 17.0 Å². The van der Waals surface area contributed by atoms with E-state index >= 15 is 0 Å². The fraction of sp³-hybridized carbons (Fsp3) is 0.826. The molecule has 1 heterocycles. The first kappa shape index (κ1) is 22.4. The van der Waals surface area contributed by atoms with Crippen LogP contribution in [-0.4, -0.2) is 63.3 Å². The maximum atomic E-state index is 13.7. The largest absolute Gasteiger partial charge is 0.379 e. The molecule has 3 fully saturated rings. The molecule has 6 nitrogen and oxygen atoms in total. The number of carbonyl (C=O) groups excluding carboxylic acids is 2. The van der Waals surface area contributed by atoms with Crippen molar-refractivity contribution >= 4 is 11.7 Å². The highest BCUT2D eigenvalue weighted by molar-refractivity contribution is 5.95. The second-order valence-electron chi connectivity index (χ2n) is 11.0. The van der Waals surface area contributed by atoms with Crippen LogP contribution in [0.5, 0.6) is 0 Å². The van der Waals surface area contributed by atoms with E-state index in [1.165, 1.54) is 4.90 Å². The summed E-state index contributed by atoms with van der Waals surface area (Å²) in [7, 11) is 3.19. The molecule has 0 aromatic carbocycles. The molecule has 6 atom stereocenters. The van der Waals surface area contributed by atoms with Gasteiger partial charge in [-0.3, -0.25) is 9.59 Å². The van der Waals surface area contributed by atoms with Gasteiger partial charge in [0.25, 0.3) is 5.91 Å². The molecular formula is C23H37NO5. The number of rotatable bonds is 2. The van der Waals surface area contributed by atoms with Crippen LogP contribution in [0.25, 0.3) is 0 Å². The summed E-state index contributed by atoms with van der Waals surface area (Å²) < 4.78 is 6.38. The molecule has 29 heavy (non-hydrogen) atoms. The van der Waals surface area contributed by atoms with E-state index in [0.717, 1.165) is 0 Å². The van der Waals surface area contributed by atoms with E-state index in [0.29, 0.717) is 19.3 Å². The van der Waals surface area contributed by atoms with Crippen LogP contribution in [0, 0.1) is 16.7 Å². The SMILES string of the molecule is C=C[C@@]1(C)CC(=O)[C@]2(O)[C@]3(C)[C@@H](CC[C@@]2(C)O1)C(C)(C)CC[C@@]3(O)C(=O)N(C)C. The molecule has 0 spiro atoms. The second kappa shape index (κ2) is 6.14. The van der Waals surface area contributed by atoms with Crippen LogP contribution in [0.2, 0.25) is 0 Å². The van der Waals surface area contributed by atoms with Gasteiger partial charge in [-0.1, -0.05) is 26.8 Å². The van der Waals surface area contributed by atoms with Gasteiger partial charge >= 0.3 is 0 Å². The number of carbonyl (C=O) groups is 2. The lowest BCUT2D eigenvalue weighted by Crippen LogP contribution is -2.84. The Hall–Kier alpha value is -1.24. The smallest absolute Gasteiger partial charge is 0.254 e. The fourth-order valence-corrected chi connectivity index (χ4v) is 6.91. The van der Waals surface area contributed by atoms with Crippen molar-refractivity contribution in [1.82, 2.24) is 4.90 Å². The van der Waals surface area contributed by atoms with E-state index in [-0.39, 0.29) is 30.0 Å². The molecule has 1 saturated heterocycles. The Bertz CT molecular complexity index is 762. The van der Waals surface area contributed by atoms with Gasteiger partial charge in [-0.15, -0.1) is 6.58 Å². The quantitative estimate of drug-likeness (QED) is 0.687. The van der Waals surface area contributed by atoms with Gasteiger partial charge in [0.1, 0.15) is 5.60 Å². The molecule has 2 N–H and O–H groups in total. The minimum Gasteiger partial charge on any atom is -0.379 e. The molecule has 3 rings (SSSR count). The lowest BCUT2D eigenvalue weighted by molar-refractivity contribution is -0.339. The molecule has 1 aliphatic heterocycles. The van der Waals surface area contributed by atoms with E-state index in [1.54, 1.807) is 40.9 Å². The summed E-state index contributed by atoms with van der Waals surface area (Å²) in [4.78, 5) is 28.3. The van der Waals surface area contributed by atoms with Crippen LogP contribution in [0.3, 0.4) is 0 Å². The third kappa shape index (κ3) is 2.52. The monoisotopic (exact) mass is 407 g/mol. The normalized spacial score (nSPS) is 49.0. The zero-order chi connectivity index (χ0) is 22.3. The lowest BCUT2D eigenvalue weighted by atomic mass is 9.37. The van der Waals surface area contributed by atoms with Crippen molar-refractivity contribution in [2.24, 2.45) is 16.7 Å². The molecule has 0 unspecified atom stereocenters. The van der Waals surface area contributed by atoms with Crippen LogP contribution in [0.4, 0.5) is 0 Å². The number of likely N-dealkylation sites (N-methyl/N-ethyl adjacent to an activating group) is 1. The predicted molar refractivity (Wildman–Crippen MR) is 110 cm³/mol. The van der Waals surface area contributed by atoms with Gasteiger partial charge < -0.3 is 19.8 Å². The van der Waals surface area contributed by atoms with Gasteiger partial charge in [0, 0.05) is 25.9 Å². The topological polar surface area (TPSA) is 87.1 Å². The van der Waals surface area contributed by atoms with E-state index in [4.69, 9.17) is 4.74 Å². The van der Waals surface area contributed by atoms with Crippen molar-refractivity contribution in [3.8, 4) is 0 Å². The molecule has 1 amide bonds. The standard InChI is InChI=1S/C23H37NO5/c1-9-19(4)14-16(25)23(28)20(5,29-19)11-10-15-18(2,3)12-13-22(27,21(15,23)6)17(26)24(7)8/h9,15,27-28H,1,10-14H2,2-8H3/t15-,19-,20+,21+,22+,23+/m0/s1. The maximum absolute atomic E-state index is 13.7. The van der Waals surface area contributed by atoms with Crippen molar-refractivity contribution in [2.75, 3.05) is 14.1 Å². The highest BCUT2D eigenvalue weighted by Gasteiger charge is 2.80. The Labute approximate surface area is 174 Å². The first-order valence-electron chi connectivity index (χ1n) is 10.6. The molecule has 3 aliphatic rings. The molecule has 6 heteroatoms. The average Bonchev–Trinajstić information content (AvgIpc) is 2.61. The Morgan fingerprint density at radius 1 is 1.14 bits per heavy atom. The van der Waals surface area contributed by atoms with Gasteiger partial charge in [-0.05, 0) is 50.9 Å². The van der Waals surface area contributed by atoms with Crippen molar-refractivity contribution in [2.45, 2.75) is 89.1 Å². The molecule has 0 aromatic heterocycles. The van der Waals surface area contributed by atoms with Gasteiger partial charge in [-0.2, -0.15) is 0 Å². The Balaban J connectivity index is 2.30. The first-order chi connectivity index (χ1) is 13.0. The van der Waals surface area contributed by atoms with Gasteiger partial charge in [0.2, 0.25) is 0 Å². The van der Waals surface area contributed by atoms with Gasteiger partial charge in [0.05, 0.1) is 5.60 Å². The highest BCUT2D eigenvalue weighted by atomic mass is 16.5. The van der Waals surface area contributed by atoms with Crippen LogP contribution < -0.4 is 0 Å². The zero-order valence-electron chi connectivity index (χ0n) is 19.0. The molecule has 0 bridgehead atoms. The Morgan fingerprint density at radius 2 is 1.72 bits per heavy atom. The highest BCUT2D eigenvalue weighted by Crippen LogP contribution is 2.69. The number of ketones is 1. The van der Waals surface area contributed by atoms with Crippen LogP contribution >= 0.6 is 0 Å². The summed E-state index contributed by atoms with van der Waals surface area (Å²) >= 11 is 0. The number of aliphatic hydroxyl groups is 2. The summed E-state index contributed by atoms with van der Waals surface area (Å²) in [5.41, 5.74) is -7.63. The van der Waals surface area contributed by atoms with Crippen molar-refractivity contribution in [3.63, 3.8) is 0 Å². The maximum Gasteiger partial charge on any atom is 0.254 e. The van der Waals surface area contributed by atoms with E-state index in [1.807, 2.05) is 0 Å². The number of amides is 1. The van der Waals surface area contributed by atoms with Gasteiger partial charge in [-0.25, -0.2) is 0 Å². The summed E-state index contributed by atoms with van der Waals surface area (Å²) in [6.07, 6.45) is 3.49. The molecule has 2 aliphatic carbocycles. The molecule has 0 radical (unpaired) electrons. The van der Waals surface area contributed by atoms with Crippen molar-refractivity contribution in [3.05, 3.63) is 12.7 Å². The molecule has 164 valence electrons. The third-order valence-corrected chi connectivity index (χ3v) is 8.62. The predicted octanol–water partition coefficient (Wildman–Crippen LogP) is 2.47. The fourth-order valence-electron chi connectivity index (χ4n) is 6.91. The van der Waals surface area contributed by atoms with Crippen LogP contribution in [-0.2, 0) is 14.3 Å². The zero-order valence-corrected chi connectivity index (χ0v) is 19.0. The minimum absolute atomic E-state index is 0.0441. The number of fused-ring (bicyclic) bond motifs is 3. The van der Waals surface area contributed by atoms with Crippen LogP contribution in [0.15, 0.2) is 12.7 Å². The summed E-state index contributed by atoms with van der Waals surface area (Å²) in [5.74, 6) is -1.08. The summed E-state index contributed by atoms with van der Waals surface area (Å²) in [6, 6.07) is 0. The summed E-state index contributed by atoms with van der Waals surface area (Å²) in [6.45, 7) is 13.3. The second-order valence-corrected chi connectivity index (χ2v) is 11.0. The average molecular weight is 408 g/mol. The van der Waals surface area contributed by atoms with Crippen molar-refractivity contribution in [1.29, 1.82) is 0 Å². The third-order valence-electron chi connectivity index (χ3n) is 8.62. The summed E-state index contributed by atoms with van der Waals surface area (Å²) in [5, 5.41) is 24.2.